The Morgan fingerprint density at radius 2 is 1.94 bits per heavy atom. The average Bonchev–Trinajstić information content (AvgIpc) is 2.38. The average molecular weight is 248 g/mol. The van der Waals surface area contributed by atoms with Crippen molar-refractivity contribution in [2.45, 2.75) is 13.0 Å². The number of nitrogens with zero attached hydrogens (tertiary/aromatic N) is 2. The number of aromatic nitrogens is 2. The van der Waals surface area contributed by atoms with Crippen LogP contribution in [0.2, 0.25) is 0 Å². The lowest BCUT2D eigenvalue weighted by molar-refractivity contribution is 0.122. The molecular formula is C13H13FN2O2. The van der Waals surface area contributed by atoms with Crippen LogP contribution < -0.4 is 4.74 Å². The molecule has 0 radical (unpaired) electrons. The highest BCUT2D eigenvalue weighted by Gasteiger charge is 2.07. The van der Waals surface area contributed by atoms with Crippen molar-refractivity contribution in [1.82, 2.24) is 9.97 Å². The molecule has 0 amide bonds. The summed E-state index contributed by atoms with van der Waals surface area (Å²) < 4.78 is 18.7. The highest BCUT2D eigenvalue weighted by atomic mass is 19.1. The molecule has 0 saturated heterocycles. The summed E-state index contributed by atoms with van der Waals surface area (Å²) in [5, 5.41) is 9.07. The molecule has 2 rings (SSSR count). The summed E-state index contributed by atoms with van der Waals surface area (Å²) in [5.74, 6) is 0.378. The van der Waals surface area contributed by atoms with Crippen molar-refractivity contribution in [3.63, 3.8) is 0 Å². The molecule has 1 unspecified atom stereocenters. The Hall–Kier alpha value is -2.01. The number of benzene rings is 1. The van der Waals surface area contributed by atoms with Crippen molar-refractivity contribution in [3.05, 3.63) is 42.5 Å². The summed E-state index contributed by atoms with van der Waals surface area (Å²) in [6.45, 7) is 1.79. The van der Waals surface area contributed by atoms with Gasteiger partial charge in [-0.2, -0.15) is 0 Å². The van der Waals surface area contributed by atoms with Crippen molar-refractivity contribution in [2.75, 3.05) is 6.61 Å². The summed E-state index contributed by atoms with van der Waals surface area (Å²) >= 11 is 0. The van der Waals surface area contributed by atoms with Gasteiger partial charge in [-0.05, 0) is 19.1 Å². The fourth-order valence-corrected chi connectivity index (χ4v) is 1.39. The van der Waals surface area contributed by atoms with Crippen LogP contribution >= 0.6 is 0 Å². The van der Waals surface area contributed by atoms with Crippen molar-refractivity contribution in [3.8, 4) is 17.1 Å². The Bertz CT molecular complexity index is 515. The van der Waals surface area contributed by atoms with E-state index in [1.165, 1.54) is 18.5 Å². The lowest BCUT2D eigenvalue weighted by Crippen LogP contribution is -2.13. The zero-order chi connectivity index (χ0) is 13.0. The first-order valence-electron chi connectivity index (χ1n) is 5.54. The molecule has 1 heterocycles. The molecule has 18 heavy (non-hydrogen) atoms. The minimum Gasteiger partial charge on any atom is -0.488 e. The highest BCUT2D eigenvalue weighted by Crippen LogP contribution is 2.19. The molecule has 1 aromatic carbocycles. The van der Waals surface area contributed by atoms with Gasteiger partial charge in [0.05, 0.1) is 24.1 Å². The van der Waals surface area contributed by atoms with E-state index in [1.807, 2.05) is 0 Å². The van der Waals surface area contributed by atoms with E-state index >= 15 is 0 Å². The molecule has 0 aliphatic rings. The van der Waals surface area contributed by atoms with Crippen molar-refractivity contribution < 1.29 is 14.2 Å². The van der Waals surface area contributed by atoms with Gasteiger partial charge in [0, 0.05) is 0 Å². The maximum Gasteiger partial charge on any atom is 0.162 e. The van der Waals surface area contributed by atoms with Crippen LogP contribution in [0.25, 0.3) is 11.4 Å². The summed E-state index contributed by atoms with van der Waals surface area (Å²) in [7, 11) is 0. The molecule has 0 saturated carbocycles. The van der Waals surface area contributed by atoms with Gasteiger partial charge in [-0.25, -0.2) is 14.4 Å². The predicted molar refractivity (Wildman–Crippen MR) is 64.6 cm³/mol. The summed E-state index contributed by atoms with van der Waals surface area (Å²) in [5.41, 5.74) is 0.347. The smallest absolute Gasteiger partial charge is 0.162 e. The number of halogens is 1. The first-order chi connectivity index (χ1) is 8.66. The predicted octanol–water partition coefficient (Wildman–Crippen LogP) is 2.04. The van der Waals surface area contributed by atoms with Gasteiger partial charge in [-0.3, -0.25) is 0 Å². The normalized spacial score (nSPS) is 12.2. The minimum absolute atomic E-state index is 0.169. The standard InChI is InChI=1S/C13H13FN2O2/c1-9(17)8-18-10-6-15-13(16-7-10)11-4-2-3-5-12(11)14/h2-7,9,17H,8H2,1H3. The molecular weight excluding hydrogens is 235 g/mol. The highest BCUT2D eigenvalue weighted by molar-refractivity contribution is 5.55. The van der Waals surface area contributed by atoms with E-state index in [2.05, 4.69) is 9.97 Å². The van der Waals surface area contributed by atoms with E-state index in [1.54, 1.807) is 25.1 Å². The number of hydrogen-bond acceptors (Lipinski definition) is 4. The summed E-state index contributed by atoms with van der Waals surface area (Å²) in [6.07, 6.45) is 2.35. The molecule has 94 valence electrons. The lowest BCUT2D eigenvalue weighted by atomic mass is 10.2. The van der Waals surface area contributed by atoms with E-state index in [9.17, 15) is 4.39 Å². The number of hydrogen-bond donors (Lipinski definition) is 1. The zero-order valence-electron chi connectivity index (χ0n) is 9.88. The van der Waals surface area contributed by atoms with Crippen molar-refractivity contribution in [1.29, 1.82) is 0 Å². The van der Waals surface area contributed by atoms with Gasteiger partial charge in [0.2, 0.25) is 0 Å². The number of aliphatic hydroxyl groups is 1. The van der Waals surface area contributed by atoms with Crippen LogP contribution in [0, 0.1) is 5.82 Å². The first kappa shape index (κ1) is 12.4. The fourth-order valence-electron chi connectivity index (χ4n) is 1.39. The number of aliphatic hydroxyl groups excluding tert-OH is 1. The Morgan fingerprint density at radius 3 is 2.56 bits per heavy atom. The molecule has 1 aromatic heterocycles. The maximum absolute atomic E-state index is 13.5. The third-order valence-electron chi connectivity index (χ3n) is 2.23. The first-order valence-corrected chi connectivity index (χ1v) is 5.54. The van der Waals surface area contributed by atoms with Gasteiger partial charge < -0.3 is 9.84 Å². The fraction of sp³-hybridized carbons (Fsp3) is 0.231. The van der Waals surface area contributed by atoms with Crippen LogP contribution in [0.4, 0.5) is 4.39 Å². The van der Waals surface area contributed by atoms with Crippen LogP contribution in [-0.4, -0.2) is 27.8 Å². The minimum atomic E-state index is -0.559. The topological polar surface area (TPSA) is 55.2 Å². The monoisotopic (exact) mass is 248 g/mol. The second kappa shape index (κ2) is 5.55. The Balaban J connectivity index is 2.15. The maximum atomic E-state index is 13.5. The van der Waals surface area contributed by atoms with Crippen LogP contribution in [0.5, 0.6) is 5.75 Å². The van der Waals surface area contributed by atoms with Gasteiger partial charge in [0.1, 0.15) is 12.4 Å². The third kappa shape index (κ3) is 3.01. The SMILES string of the molecule is CC(O)COc1cnc(-c2ccccc2F)nc1. The second-order valence-corrected chi connectivity index (χ2v) is 3.88. The number of rotatable bonds is 4. The van der Waals surface area contributed by atoms with Crippen molar-refractivity contribution in [2.24, 2.45) is 0 Å². The van der Waals surface area contributed by atoms with Gasteiger partial charge in [-0.15, -0.1) is 0 Å². The van der Waals surface area contributed by atoms with E-state index in [0.717, 1.165) is 0 Å². The molecule has 0 aliphatic heterocycles. The number of ether oxygens (including phenoxy) is 1. The molecule has 2 aromatic rings. The van der Waals surface area contributed by atoms with Crippen LogP contribution in [-0.2, 0) is 0 Å². The van der Waals surface area contributed by atoms with Gasteiger partial charge in [0.15, 0.2) is 11.6 Å². The molecule has 0 bridgehead atoms. The molecule has 4 nitrogen and oxygen atoms in total. The zero-order valence-corrected chi connectivity index (χ0v) is 9.88. The van der Waals surface area contributed by atoms with E-state index in [4.69, 9.17) is 9.84 Å². The van der Waals surface area contributed by atoms with E-state index < -0.39 is 6.10 Å². The van der Waals surface area contributed by atoms with Gasteiger partial charge in [0.25, 0.3) is 0 Å². The van der Waals surface area contributed by atoms with E-state index in [0.29, 0.717) is 17.1 Å². The molecule has 5 heteroatoms. The van der Waals surface area contributed by atoms with Crippen molar-refractivity contribution >= 4 is 0 Å². The Kier molecular flexibility index (Phi) is 3.84. The second-order valence-electron chi connectivity index (χ2n) is 3.88. The molecule has 1 N–H and O–H groups in total. The lowest BCUT2D eigenvalue weighted by Gasteiger charge is -2.07. The van der Waals surface area contributed by atoms with Crippen LogP contribution in [0.15, 0.2) is 36.7 Å². The van der Waals surface area contributed by atoms with Crippen LogP contribution in [0.1, 0.15) is 6.92 Å². The molecule has 0 spiro atoms. The third-order valence-corrected chi connectivity index (χ3v) is 2.23. The largest absolute Gasteiger partial charge is 0.488 e. The quantitative estimate of drug-likeness (QED) is 0.899. The molecule has 0 fully saturated rings. The summed E-state index contributed by atoms with van der Waals surface area (Å²) in [6, 6.07) is 6.30. The van der Waals surface area contributed by atoms with E-state index in [-0.39, 0.29) is 12.4 Å². The molecule has 0 aliphatic carbocycles. The molecule has 1 atom stereocenters. The Labute approximate surface area is 104 Å². The Morgan fingerprint density at radius 1 is 1.28 bits per heavy atom. The van der Waals surface area contributed by atoms with Crippen LogP contribution in [0.3, 0.4) is 0 Å². The van der Waals surface area contributed by atoms with Gasteiger partial charge in [-0.1, -0.05) is 12.1 Å². The van der Waals surface area contributed by atoms with Gasteiger partial charge >= 0.3 is 0 Å². The summed E-state index contributed by atoms with van der Waals surface area (Å²) in [4.78, 5) is 8.06.